The van der Waals surface area contributed by atoms with Gasteiger partial charge < -0.3 is 15.1 Å². The van der Waals surface area contributed by atoms with Gasteiger partial charge in [0.25, 0.3) is 0 Å². The first kappa shape index (κ1) is 16.1. The summed E-state index contributed by atoms with van der Waals surface area (Å²) < 4.78 is 0. The van der Waals surface area contributed by atoms with Gasteiger partial charge in [-0.2, -0.15) is 0 Å². The van der Waals surface area contributed by atoms with Gasteiger partial charge in [0.15, 0.2) is 0 Å². The zero-order valence-corrected chi connectivity index (χ0v) is 14.4. The number of aromatic nitrogens is 1. The second kappa shape index (κ2) is 6.84. The summed E-state index contributed by atoms with van der Waals surface area (Å²) in [6.07, 6.45) is 6.49. The SMILES string of the molecule is O=C1NCN(c2ccccc2)C12CCN(CCc1ccncc1)CC2. The molecule has 2 aromatic rings. The van der Waals surface area contributed by atoms with Crippen molar-refractivity contribution < 1.29 is 4.79 Å². The number of para-hydroxylation sites is 1. The number of anilines is 1. The van der Waals surface area contributed by atoms with Crippen molar-refractivity contribution in [3.8, 4) is 0 Å². The lowest BCUT2D eigenvalue weighted by Crippen LogP contribution is -2.56. The fraction of sp³-hybridized carbons (Fsp3) is 0.400. The lowest BCUT2D eigenvalue weighted by molar-refractivity contribution is -0.125. The maximum Gasteiger partial charge on any atom is 0.247 e. The molecule has 3 heterocycles. The highest BCUT2D eigenvalue weighted by atomic mass is 16.2. The zero-order chi connectivity index (χ0) is 17.1. The van der Waals surface area contributed by atoms with Crippen LogP contribution in [0.15, 0.2) is 54.9 Å². The fourth-order valence-corrected chi connectivity index (χ4v) is 4.02. The fourth-order valence-electron chi connectivity index (χ4n) is 4.02. The van der Waals surface area contributed by atoms with Gasteiger partial charge in [0.05, 0.1) is 6.67 Å². The monoisotopic (exact) mass is 336 g/mol. The first-order valence-corrected chi connectivity index (χ1v) is 9.00. The molecule has 0 aliphatic carbocycles. The largest absolute Gasteiger partial charge is 0.339 e. The lowest BCUT2D eigenvalue weighted by Gasteiger charge is -2.43. The first-order valence-electron chi connectivity index (χ1n) is 9.00. The highest BCUT2D eigenvalue weighted by Crippen LogP contribution is 2.36. The average molecular weight is 336 g/mol. The van der Waals surface area contributed by atoms with Gasteiger partial charge in [0.1, 0.15) is 5.54 Å². The van der Waals surface area contributed by atoms with Gasteiger partial charge >= 0.3 is 0 Å². The van der Waals surface area contributed by atoms with E-state index < -0.39 is 0 Å². The van der Waals surface area contributed by atoms with Gasteiger partial charge in [0, 0.05) is 37.7 Å². The van der Waals surface area contributed by atoms with Gasteiger partial charge in [0.2, 0.25) is 5.91 Å². The van der Waals surface area contributed by atoms with E-state index in [2.05, 4.69) is 44.4 Å². The topological polar surface area (TPSA) is 48.5 Å². The average Bonchev–Trinajstić information content (AvgIpc) is 2.99. The third kappa shape index (κ3) is 3.12. The standard InChI is InChI=1S/C20H24N4O/c25-19-20(24(16-22-19)18-4-2-1-3-5-18)9-14-23(15-10-20)13-8-17-6-11-21-12-7-17/h1-7,11-12H,8-10,13-16H2,(H,22,25). The van der Waals surface area contributed by atoms with Crippen LogP contribution >= 0.6 is 0 Å². The molecule has 0 saturated carbocycles. The molecule has 1 aromatic carbocycles. The number of benzene rings is 1. The molecule has 1 aromatic heterocycles. The number of rotatable bonds is 4. The summed E-state index contributed by atoms with van der Waals surface area (Å²) in [6.45, 7) is 3.57. The van der Waals surface area contributed by atoms with Crippen molar-refractivity contribution in [1.29, 1.82) is 0 Å². The molecule has 2 fully saturated rings. The summed E-state index contributed by atoms with van der Waals surface area (Å²) in [5.41, 5.74) is 2.07. The van der Waals surface area contributed by atoms with Gasteiger partial charge in [-0.25, -0.2) is 0 Å². The molecule has 25 heavy (non-hydrogen) atoms. The molecule has 2 aliphatic rings. The van der Waals surface area contributed by atoms with Crippen LogP contribution in [0.25, 0.3) is 0 Å². The molecule has 130 valence electrons. The van der Waals surface area contributed by atoms with Crippen molar-refractivity contribution in [3.05, 3.63) is 60.4 Å². The van der Waals surface area contributed by atoms with E-state index in [4.69, 9.17) is 0 Å². The Kier molecular flexibility index (Phi) is 4.40. The summed E-state index contributed by atoms with van der Waals surface area (Å²) in [7, 11) is 0. The molecule has 1 N–H and O–H groups in total. The maximum absolute atomic E-state index is 12.6. The molecule has 0 atom stereocenters. The Bertz CT molecular complexity index is 711. The molecular weight excluding hydrogens is 312 g/mol. The molecule has 1 spiro atoms. The molecule has 0 radical (unpaired) electrons. The van der Waals surface area contributed by atoms with Crippen molar-refractivity contribution in [2.45, 2.75) is 24.8 Å². The Morgan fingerprint density at radius 2 is 1.76 bits per heavy atom. The van der Waals surface area contributed by atoms with E-state index in [9.17, 15) is 4.79 Å². The van der Waals surface area contributed by atoms with Crippen LogP contribution in [0.3, 0.4) is 0 Å². The Hall–Kier alpha value is -2.40. The zero-order valence-electron chi connectivity index (χ0n) is 14.4. The minimum absolute atomic E-state index is 0.185. The molecular formula is C20H24N4O. The second-order valence-electron chi connectivity index (χ2n) is 6.91. The Morgan fingerprint density at radius 3 is 2.48 bits per heavy atom. The Labute approximate surface area is 148 Å². The summed E-state index contributed by atoms with van der Waals surface area (Å²) in [4.78, 5) is 21.4. The van der Waals surface area contributed by atoms with Crippen LogP contribution < -0.4 is 10.2 Å². The molecule has 2 aliphatic heterocycles. The number of nitrogens with one attached hydrogen (secondary N) is 1. The van der Waals surface area contributed by atoms with E-state index >= 15 is 0 Å². The van der Waals surface area contributed by atoms with E-state index in [0.29, 0.717) is 6.67 Å². The Balaban J connectivity index is 1.41. The number of pyridine rings is 1. The van der Waals surface area contributed by atoms with Crippen molar-refractivity contribution in [2.75, 3.05) is 31.2 Å². The van der Waals surface area contributed by atoms with Crippen LogP contribution in [0.1, 0.15) is 18.4 Å². The van der Waals surface area contributed by atoms with E-state index in [1.54, 1.807) is 0 Å². The van der Waals surface area contributed by atoms with E-state index in [0.717, 1.165) is 44.6 Å². The van der Waals surface area contributed by atoms with Gasteiger partial charge in [-0.3, -0.25) is 9.78 Å². The highest BCUT2D eigenvalue weighted by molar-refractivity contribution is 5.93. The van der Waals surface area contributed by atoms with Crippen LogP contribution in [0, 0.1) is 0 Å². The number of likely N-dealkylation sites (tertiary alicyclic amines) is 1. The van der Waals surface area contributed by atoms with Crippen molar-refractivity contribution in [3.63, 3.8) is 0 Å². The van der Waals surface area contributed by atoms with E-state index in [-0.39, 0.29) is 11.4 Å². The minimum Gasteiger partial charge on any atom is -0.339 e. The summed E-state index contributed by atoms with van der Waals surface area (Å²) in [5, 5.41) is 3.06. The quantitative estimate of drug-likeness (QED) is 0.928. The highest BCUT2D eigenvalue weighted by Gasteiger charge is 2.50. The summed E-state index contributed by atoms with van der Waals surface area (Å²) in [6, 6.07) is 14.4. The predicted octanol–water partition coefficient (Wildman–Crippen LogP) is 2.05. The molecule has 1 amide bonds. The molecule has 0 unspecified atom stereocenters. The molecule has 0 bridgehead atoms. The predicted molar refractivity (Wildman–Crippen MR) is 98.3 cm³/mol. The number of amides is 1. The smallest absolute Gasteiger partial charge is 0.247 e. The molecule has 5 nitrogen and oxygen atoms in total. The van der Waals surface area contributed by atoms with Gasteiger partial charge in [-0.15, -0.1) is 0 Å². The molecule has 5 heteroatoms. The van der Waals surface area contributed by atoms with Crippen molar-refractivity contribution in [2.24, 2.45) is 0 Å². The number of carbonyl (C=O) groups excluding carboxylic acids is 1. The van der Waals surface area contributed by atoms with Gasteiger partial charge in [-0.05, 0) is 49.1 Å². The number of hydrogen-bond acceptors (Lipinski definition) is 4. The third-order valence-electron chi connectivity index (χ3n) is 5.55. The van der Waals surface area contributed by atoms with Crippen molar-refractivity contribution in [1.82, 2.24) is 15.2 Å². The van der Waals surface area contributed by atoms with Crippen LogP contribution in [0.2, 0.25) is 0 Å². The second-order valence-corrected chi connectivity index (χ2v) is 6.91. The van der Waals surface area contributed by atoms with Crippen LogP contribution in [0.5, 0.6) is 0 Å². The third-order valence-corrected chi connectivity index (χ3v) is 5.55. The maximum atomic E-state index is 12.6. The van der Waals surface area contributed by atoms with Crippen LogP contribution in [0.4, 0.5) is 5.69 Å². The van der Waals surface area contributed by atoms with E-state index in [1.165, 1.54) is 5.56 Å². The van der Waals surface area contributed by atoms with Crippen LogP contribution in [-0.4, -0.2) is 47.6 Å². The van der Waals surface area contributed by atoms with Gasteiger partial charge in [-0.1, -0.05) is 18.2 Å². The Morgan fingerprint density at radius 1 is 1.04 bits per heavy atom. The normalized spacial score (nSPS) is 20.0. The first-order chi connectivity index (χ1) is 12.3. The lowest BCUT2D eigenvalue weighted by atomic mass is 9.85. The number of piperidine rings is 1. The minimum atomic E-state index is -0.380. The summed E-state index contributed by atoms with van der Waals surface area (Å²) >= 11 is 0. The summed E-state index contributed by atoms with van der Waals surface area (Å²) in [5.74, 6) is 0.185. The number of hydrogen-bond donors (Lipinski definition) is 1. The molecule has 2 saturated heterocycles. The number of carbonyl (C=O) groups is 1. The molecule has 4 rings (SSSR count). The van der Waals surface area contributed by atoms with E-state index in [1.807, 2.05) is 30.6 Å². The van der Waals surface area contributed by atoms with Crippen molar-refractivity contribution >= 4 is 11.6 Å². The number of nitrogens with zero attached hydrogens (tertiary/aromatic N) is 3. The van der Waals surface area contributed by atoms with Crippen LogP contribution in [-0.2, 0) is 11.2 Å².